The highest BCUT2D eigenvalue weighted by Gasteiger charge is 2.47. The van der Waals surface area contributed by atoms with Crippen molar-refractivity contribution in [3.63, 3.8) is 0 Å². The third-order valence-electron chi connectivity index (χ3n) is 6.11. The van der Waals surface area contributed by atoms with Gasteiger partial charge in [0, 0.05) is 25.3 Å². The van der Waals surface area contributed by atoms with Gasteiger partial charge < -0.3 is 4.74 Å². The normalized spacial score (nSPS) is 23.5. The first-order valence-corrected chi connectivity index (χ1v) is 9.08. The summed E-state index contributed by atoms with van der Waals surface area (Å²) >= 11 is 0. The van der Waals surface area contributed by atoms with Gasteiger partial charge in [-0.3, -0.25) is 9.88 Å². The predicted molar refractivity (Wildman–Crippen MR) is 88.2 cm³/mol. The molecule has 2 fully saturated rings. The van der Waals surface area contributed by atoms with Gasteiger partial charge in [-0.2, -0.15) is 0 Å². The van der Waals surface area contributed by atoms with Crippen molar-refractivity contribution in [1.82, 2.24) is 9.88 Å². The lowest BCUT2D eigenvalue weighted by Crippen LogP contribution is -2.51. The fourth-order valence-electron chi connectivity index (χ4n) is 4.80. The Morgan fingerprint density at radius 1 is 1.39 bits per heavy atom. The molecule has 0 atom stereocenters. The molecule has 4 nitrogen and oxygen atoms in total. The summed E-state index contributed by atoms with van der Waals surface area (Å²) in [6.45, 7) is 4.28. The van der Waals surface area contributed by atoms with Crippen LogP contribution in [0.25, 0.3) is 0 Å². The van der Waals surface area contributed by atoms with Crippen LogP contribution in [-0.4, -0.2) is 35.0 Å². The molecule has 2 heterocycles. The van der Waals surface area contributed by atoms with E-state index in [2.05, 4.69) is 9.88 Å². The molecular formula is C19H26N2O2. The number of aromatic nitrogens is 1. The molecule has 1 aliphatic heterocycles. The highest BCUT2D eigenvalue weighted by atomic mass is 16.5. The maximum atomic E-state index is 11.8. The summed E-state index contributed by atoms with van der Waals surface area (Å²) < 4.78 is 5.07. The van der Waals surface area contributed by atoms with Gasteiger partial charge in [-0.05, 0) is 56.1 Å². The fourth-order valence-corrected chi connectivity index (χ4v) is 4.80. The molecule has 0 unspecified atom stereocenters. The average Bonchev–Trinajstić information content (AvgIpc) is 3.03. The number of carbonyl (C=O) groups excluding carboxylic acids is 1. The van der Waals surface area contributed by atoms with Crippen molar-refractivity contribution in [2.24, 2.45) is 5.41 Å². The Kier molecular flexibility index (Phi) is 3.88. The molecule has 1 aromatic heterocycles. The Balaban J connectivity index is 1.41. The van der Waals surface area contributed by atoms with Crippen LogP contribution in [0.15, 0.2) is 12.3 Å². The molecule has 1 spiro atoms. The molecule has 4 rings (SSSR count). The molecule has 1 aromatic rings. The van der Waals surface area contributed by atoms with E-state index < -0.39 is 0 Å². The lowest BCUT2D eigenvalue weighted by molar-refractivity contribution is -0.00301. The highest BCUT2D eigenvalue weighted by Crippen LogP contribution is 2.55. The van der Waals surface area contributed by atoms with E-state index in [1.807, 2.05) is 13.0 Å². The van der Waals surface area contributed by atoms with Crippen LogP contribution in [-0.2, 0) is 17.7 Å². The van der Waals surface area contributed by atoms with Gasteiger partial charge in [-0.15, -0.1) is 0 Å². The van der Waals surface area contributed by atoms with Gasteiger partial charge in [-0.25, -0.2) is 4.79 Å². The van der Waals surface area contributed by atoms with Crippen molar-refractivity contribution in [1.29, 1.82) is 0 Å². The van der Waals surface area contributed by atoms with Crippen LogP contribution >= 0.6 is 0 Å². The number of carbonyl (C=O) groups is 1. The Labute approximate surface area is 138 Å². The van der Waals surface area contributed by atoms with Crippen LogP contribution in [0.2, 0.25) is 0 Å². The van der Waals surface area contributed by atoms with Crippen molar-refractivity contribution in [3.05, 3.63) is 29.1 Å². The van der Waals surface area contributed by atoms with Crippen LogP contribution in [0.4, 0.5) is 0 Å². The molecule has 2 saturated carbocycles. The Hall–Kier alpha value is -1.42. The molecule has 124 valence electrons. The summed E-state index contributed by atoms with van der Waals surface area (Å²) in [6, 6.07) is 2.74. The van der Waals surface area contributed by atoms with Gasteiger partial charge >= 0.3 is 5.97 Å². The van der Waals surface area contributed by atoms with E-state index >= 15 is 0 Å². The number of pyridine rings is 1. The predicted octanol–water partition coefficient (Wildman–Crippen LogP) is 3.34. The van der Waals surface area contributed by atoms with Crippen molar-refractivity contribution in [2.75, 3.05) is 13.2 Å². The maximum absolute atomic E-state index is 11.8. The third kappa shape index (κ3) is 2.78. The molecule has 0 saturated heterocycles. The Morgan fingerprint density at radius 3 is 2.91 bits per heavy atom. The van der Waals surface area contributed by atoms with E-state index in [0.29, 0.717) is 17.6 Å². The first kappa shape index (κ1) is 15.1. The fraction of sp³-hybridized carbons (Fsp3) is 0.684. The average molecular weight is 314 g/mol. The molecule has 0 aromatic carbocycles. The van der Waals surface area contributed by atoms with Crippen LogP contribution < -0.4 is 0 Å². The van der Waals surface area contributed by atoms with Gasteiger partial charge in [0.05, 0.1) is 17.9 Å². The molecule has 0 N–H and O–H groups in total. The minimum Gasteiger partial charge on any atom is -0.462 e. The zero-order valence-corrected chi connectivity index (χ0v) is 14.0. The number of hydrogen-bond acceptors (Lipinski definition) is 4. The van der Waals surface area contributed by atoms with Crippen molar-refractivity contribution in [3.8, 4) is 0 Å². The van der Waals surface area contributed by atoms with Crippen molar-refractivity contribution < 1.29 is 9.53 Å². The van der Waals surface area contributed by atoms with E-state index in [1.54, 1.807) is 6.20 Å². The lowest BCUT2D eigenvalue weighted by Gasteiger charge is -2.51. The summed E-state index contributed by atoms with van der Waals surface area (Å²) in [5, 5.41) is 0. The monoisotopic (exact) mass is 314 g/mol. The molecule has 0 radical (unpaired) electrons. The summed E-state index contributed by atoms with van der Waals surface area (Å²) in [4.78, 5) is 19.0. The largest absolute Gasteiger partial charge is 0.462 e. The van der Waals surface area contributed by atoms with E-state index in [9.17, 15) is 4.79 Å². The molecular weight excluding hydrogens is 288 g/mol. The lowest BCUT2D eigenvalue weighted by atomic mass is 9.63. The van der Waals surface area contributed by atoms with Crippen LogP contribution in [0, 0.1) is 5.41 Å². The second-order valence-electron chi connectivity index (χ2n) is 7.54. The first-order valence-electron chi connectivity index (χ1n) is 9.08. The SMILES string of the molecule is CCOC(=O)c1cnc2c(c1)CCN(C1CC3(CCCC3)C1)C2. The van der Waals surface area contributed by atoms with E-state index in [-0.39, 0.29) is 5.97 Å². The number of rotatable bonds is 3. The van der Waals surface area contributed by atoms with Gasteiger partial charge in [0.25, 0.3) is 0 Å². The molecule has 2 aliphatic carbocycles. The molecule has 23 heavy (non-hydrogen) atoms. The smallest absolute Gasteiger partial charge is 0.339 e. The number of nitrogens with zero attached hydrogens (tertiary/aromatic N) is 2. The van der Waals surface area contributed by atoms with Gasteiger partial charge in [0.15, 0.2) is 0 Å². The quantitative estimate of drug-likeness (QED) is 0.803. The van der Waals surface area contributed by atoms with Crippen LogP contribution in [0.5, 0.6) is 0 Å². The summed E-state index contributed by atoms with van der Waals surface area (Å²) in [5.74, 6) is -0.257. The molecule has 3 aliphatic rings. The van der Waals surface area contributed by atoms with Crippen LogP contribution in [0.3, 0.4) is 0 Å². The summed E-state index contributed by atoms with van der Waals surface area (Å²) in [6.07, 6.45) is 11.2. The topological polar surface area (TPSA) is 42.4 Å². The number of fused-ring (bicyclic) bond motifs is 1. The maximum Gasteiger partial charge on any atom is 0.339 e. The minimum atomic E-state index is -0.257. The van der Waals surface area contributed by atoms with E-state index in [4.69, 9.17) is 4.74 Å². The second-order valence-corrected chi connectivity index (χ2v) is 7.54. The number of esters is 1. The standard InChI is InChI=1S/C19H26N2O2/c1-2-23-18(22)15-9-14-5-8-21(13-17(14)20-12-15)16-10-19(11-16)6-3-4-7-19/h9,12,16H,2-8,10-11,13H2,1H3. The summed E-state index contributed by atoms with van der Waals surface area (Å²) in [7, 11) is 0. The third-order valence-corrected chi connectivity index (χ3v) is 6.11. The van der Waals surface area contributed by atoms with Crippen molar-refractivity contribution >= 4 is 5.97 Å². The second kappa shape index (κ2) is 5.90. The van der Waals surface area contributed by atoms with E-state index in [1.165, 1.54) is 44.1 Å². The van der Waals surface area contributed by atoms with Crippen molar-refractivity contribution in [2.45, 2.75) is 64.5 Å². The number of hydrogen-bond donors (Lipinski definition) is 0. The molecule has 4 heteroatoms. The highest BCUT2D eigenvalue weighted by molar-refractivity contribution is 5.89. The van der Waals surface area contributed by atoms with Gasteiger partial charge in [0.1, 0.15) is 0 Å². The molecule has 0 bridgehead atoms. The first-order chi connectivity index (χ1) is 11.2. The zero-order valence-electron chi connectivity index (χ0n) is 14.0. The minimum absolute atomic E-state index is 0.257. The molecule has 0 amide bonds. The number of ether oxygens (including phenoxy) is 1. The zero-order chi connectivity index (χ0) is 15.9. The van der Waals surface area contributed by atoms with Crippen LogP contribution in [0.1, 0.15) is 67.1 Å². The van der Waals surface area contributed by atoms with Gasteiger partial charge in [-0.1, -0.05) is 12.8 Å². The van der Waals surface area contributed by atoms with Gasteiger partial charge in [0.2, 0.25) is 0 Å². The van der Waals surface area contributed by atoms with E-state index in [0.717, 1.165) is 31.2 Å². The Bertz CT molecular complexity index is 599. The summed E-state index contributed by atoms with van der Waals surface area (Å²) in [5.41, 5.74) is 3.66. The Morgan fingerprint density at radius 2 is 2.17 bits per heavy atom.